The fraction of sp³-hybridized carbons (Fsp3) is 0.182. The average molecular weight is 563 g/mol. The van der Waals surface area contributed by atoms with Gasteiger partial charge in [0.05, 0.1) is 24.5 Å². The second-order valence-electron chi connectivity index (χ2n) is 10.3. The van der Waals surface area contributed by atoms with E-state index in [0.717, 1.165) is 24.5 Å². The Hall–Kier alpha value is -5.31. The number of nitrogens with zero attached hydrogens (tertiary/aromatic N) is 2. The molecule has 2 aliphatic heterocycles. The van der Waals surface area contributed by atoms with Gasteiger partial charge in [-0.25, -0.2) is 0 Å². The monoisotopic (exact) mass is 562 g/mol. The Morgan fingerprint density at radius 1 is 0.571 bits per heavy atom. The largest absolute Gasteiger partial charge is 0.490 e. The molecule has 42 heavy (non-hydrogen) atoms. The zero-order valence-corrected chi connectivity index (χ0v) is 23.3. The zero-order valence-electron chi connectivity index (χ0n) is 23.3. The average Bonchev–Trinajstić information content (AvgIpc) is 3.01. The molecule has 2 aliphatic rings. The molecule has 212 valence electrons. The molecular weight excluding hydrogens is 532 g/mol. The first-order valence-electron chi connectivity index (χ1n) is 13.7. The zero-order chi connectivity index (χ0) is 29.2. The fourth-order valence-corrected chi connectivity index (χ4v) is 4.98. The molecule has 2 amide bonds. The van der Waals surface area contributed by atoms with Gasteiger partial charge in [0, 0.05) is 47.7 Å². The number of benzene rings is 4. The predicted octanol–water partition coefficient (Wildman–Crippen LogP) is 5.08. The van der Waals surface area contributed by atoms with Crippen molar-refractivity contribution in [2.75, 3.05) is 60.8 Å². The van der Waals surface area contributed by atoms with E-state index in [1.807, 2.05) is 26.2 Å². The molecular formula is C33H30N4O5. The van der Waals surface area contributed by atoms with Crippen LogP contribution in [0.5, 0.6) is 11.5 Å². The van der Waals surface area contributed by atoms with Gasteiger partial charge in [-0.15, -0.1) is 0 Å². The fourth-order valence-electron chi connectivity index (χ4n) is 4.98. The van der Waals surface area contributed by atoms with Crippen molar-refractivity contribution >= 4 is 40.3 Å². The van der Waals surface area contributed by atoms with Gasteiger partial charge in [-0.3, -0.25) is 14.4 Å². The van der Waals surface area contributed by atoms with Gasteiger partial charge in [-0.1, -0.05) is 0 Å². The van der Waals surface area contributed by atoms with Gasteiger partial charge < -0.3 is 29.9 Å². The Balaban J connectivity index is 1.07. The third-order valence-electron chi connectivity index (χ3n) is 7.44. The summed E-state index contributed by atoms with van der Waals surface area (Å²) in [6, 6.07) is 24.3. The van der Waals surface area contributed by atoms with Crippen LogP contribution in [-0.4, -0.2) is 58.0 Å². The molecule has 4 aromatic rings. The molecule has 0 fully saturated rings. The van der Waals surface area contributed by atoms with E-state index in [-0.39, 0.29) is 17.6 Å². The van der Waals surface area contributed by atoms with Crippen molar-refractivity contribution in [3.8, 4) is 11.5 Å². The van der Waals surface area contributed by atoms with Crippen molar-refractivity contribution in [1.82, 2.24) is 0 Å². The lowest BCUT2D eigenvalue weighted by atomic mass is 10.0. The number of rotatable bonds is 6. The SMILES string of the molecule is CN1CCOc2cc(C(=O)Nc3ccc(C(=O)c4ccc(NC(=O)c5ccc6c(c5)OCCN6C)cc4)cc3)ccc21. The standard InChI is InChI=1S/C33H30N4O5/c1-36-15-17-41-29-19-23(7-13-27(29)36)32(39)34-25-9-3-21(4-10-25)31(38)22-5-11-26(12-6-22)35-33(40)24-8-14-28-30(20-24)42-18-16-37(28)2/h3-14,19-20H,15-18H2,1-2H3,(H,34,39)(H,35,40). The summed E-state index contributed by atoms with van der Waals surface area (Å²) in [5.41, 5.74) is 4.99. The maximum atomic E-state index is 13.1. The number of carbonyl (C=O) groups excluding carboxylic acids is 3. The second-order valence-corrected chi connectivity index (χ2v) is 10.3. The molecule has 0 radical (unpaired) electrons. The van der Waals surface area contributed by atoms with Gasteiger partial charge >= 0.3 is 0 Å². The lowest BCUT2D eigenvalue weighted by Crippen LogP contribution is -2.29. The Bertz CT molecular complexity index is 1540. The van der Waals surface area contributed by atoms with Crippen molar-refractivity contribution in [2.45, 2.75) is 0 Å². The lowest BCUT2D eigenvalue weighted by Gasteiger charge is -2.27. The van der Waals surface area contributed by atoms with Crippen LogP contribution < -0.4 is 29.9 Å². The number of amides is 2. The summed E-state index contributed by atoms with van der Waals surface area (Å²) in [4.78, 5) is 42.9. The number of likely N-dealkylation sites (N-methyl/N-ethyl adjacent to an activating group) is 2. The van der Waals surface area contributed by atoms with Crippen molar-refractivity contribution in [3.05, 3.63) is 107 Å². The summed E-state index contributed by atoms with van der Waals surface area (Å²) in [7, 11) is 3.98. The topological polar surface area (TPSA) is 100 Å². The number of carbonyl (C=O) groups is 3. The molecule has 2 N–H and O–H groups in total. The number of anilines is 4. The van der Waals surface area contributed by atoms with E-state index in [1.165, 1.54) is 0 Å². The van der Waals surface area contributed by atoms with Crippen LogP contribution in [0.3, 0.4) is 0 Å². The molecule has 0 bridgehead atoms. The number of hydrogen-bond donors (Lipinski definition) is 2. The van der Waals surface area contributed by atoms with Crippen LogP contribution in [0, 0.1) is 0 Å². The molecule has 9 heteroatoms. The van der Waals surface area contributed by atoms with Gasteiger partial charge in [0.15, 0.2) is 5.78 Å². The van der Waals surface area contributed by atoms with Gasteiger partial charge in [-0.05, 0) is 84.9 Å². The van der Waals surface area contributed by atoms with Crippen molar-refractivity contribution in [2.24, 2.45) is 0 Å². The summed E-state index contributed by atoms with van der Waals surface area (Å²) >= 11 is 0. The molecule has 4 aromatic carbocycles. The highest BCUT2D eigenvalue weighted by atomic mass is 16.5. The lowest BCUT2D eigenvalue weighted by molar-refractivity contribution is 0.101. The third-order valence-corrected chi connectivity index (χ3v) is 7.44. The summed E-state index contributed by atoms with van der Waals surface area (Å²) < 4.78 is 11.4. The van der Waals surface area contributed by atoms with Gasteiger partial charge in [-0.2, -0.15) is 0 Å². The van der Waals surface area contributed by atoms with Crippen LogP contribution in [0.4, 0.5) is 22.7 Å². The van der Waals surface area contributed by atoms with E-state index in [9.17, 15) is 14.4 Å². The van der Waals surface area contributed by atoms with Crippen LogP contribution in [0.1, 0.15) is 36.6 Å². The Labute approximate surface area is 243 Å². The van der Waals surface area contributed by atoms with E-state index in [2.05, 4.69) is 20.4 Å². The Morgan fingerprint density at radius 2 is 0.952 bits per heavy atom. The summed E-state index contributed by atoms with van der Waals surface area (Å²) in [5.74, 6) is 0.675. The van der Waals surface area contributed by atoms with E-state index >= 15 is 0 Å². The van der Waals surface area contributed by atoms with Crippen molar-refractivity contribution in [1.29, 1.82) is 0 Å². The summed E-state index contributed by atoms with van der Waals surface area (Å²) in [6.45, 7) is 2.75. The highest BCUT2D eigenvalue weighted by Crippen LogP contribution is 2.33. The maximum absolute atomic E-state index is 13.1. The van der Waals surface area contributed by atoms with E-state index in [1.54, 1.807) is 72.8 Å². The smallest absolute Gasteiger partial charge is 0.255 e. The van der Waals surface area contributed by atoms with Crippen molar-refractivity contribution in [3.63, 3.8) is 0 Å². The van der Waals surface area contributed by atoms with Crippen LogP contribution in [-0.2, 0) is 0 Å². The van der Waals surface area contributed by atoms with Gasteiger partial charge in [0.1, 0.15) is 24.7 Å². The first-order chi connectivity index (χ1) is 20.4. The summed E-state index contributed by atoms with van der Waals surface area (Å²) in [6.07, 6.45) is 0. The molecule has 0 saturated heterocycles. The predicted molar refractivity (Wildman–Crippen MR) is 163 cm³/mol. The minimum atomic E-state index is -0.262. The van der Waals surface area contributed by atoms with Gasteiger partial charge in [0.2, 0.25) is 0 Å². The highest BCUT2D eigenvalue weighted by Gasteiger charge is 2.19. The van der Waals surface area contributed by atoms with E-state index < -0.39 is 0 Å². The summed E-state index contributed by atoms with van der Waals surface area (Å²) in [5, 5.41) is 5.74. The molecule has 0 spiro atoms. The molecule has 0 aliphatic carbocycles. The minimum Gasteiger partial charge on any atom is -0.490 e. The molecule has 0 aromatic heterocycles. The number of hydrogen-bond acceptors (Lipinski definition) is 7. The van der Waals surface area contributed by atoms with Crippen LogP contribution >= 0.6 is 0 Å². The maximum Gasteiger partial charge on any atom is 0.255 e. The number of fused-ring (bicyclic) bond motifs is 2. The van der Waals surface area contributed by atoms with Crippen LogP contribution in [0.15, 0.2) is 84.9 Å². The van der Waals surface area contributed by atoms with Gasteiger partial charge in [0.25, 0.3) is 11.8 Å². The Kier molecular flexibility index (Phi) is 7.23. The van der Waals surface area contributed by atoms with Crippen molar-refractivity contribution < 1.29 is 23.9 Å². The quantitative estimate of drug-likeness (QED) is 0.316. The molecule has 0 saturated carbocycles. The highest BCUT2D eigenvalue weighted by molar-refractivity contribution is 6.10. The molecule has 6 rings (SSSR count). The van der Waals surface area contributed by atoms with Crippen LogP contribution in [0.25, 0.3) is 0 Å². The van der Waals surface area contributed by atoms with Crippen LogP contribution in [0.2, 0.25) is 0 Å². The second kappa shape index (κ2) is 11.3. The number of nitrogens with one attached hydrogen (secondary N) is 2. The first-order valence-corrected chi connectivity index (χ1v) is 13.7. The van der Waals surface area contributed by atoms with E-state index in [4.69, 9.17) is 9.47 Å². The van der Waals surface area contributed by atoms with E-state index in [0.29, 0.717) is 58.3 Å². The number of ketones is 1. The number of ether oxygens (including phenoxy) is 2. The third kappa shape index (κ3) is 5.49. The molecule has 9 nitrogen and oxygen atoms in total. The Morgan fingerprint density at radius 3 is 1.36 bits per heavy atom. The molecule has 0 unspecified atom stereocenters. The molecule has 2 heterocycles. The molecule has 0 atom stereocenters. The minimum absolute atomic E-state index is 0.169. The first kappa shape index (κ1) is 26.9. The normalized spacial score (nSPS) is 13.7.